The lowest BCUT2D eigenvalue weighted by atomic mass is 9.95. The van der Waals surface area contributed by atoms with Gasteiger partial charge in [-0.25, -0.2) is 4.79 Å². The second kappa shape index (κ2) is 15.5. The molecule has 1 heterocycles. The number of nitrogens with zero attached hydrogens (tertiary/aromatic N) is 1. The molecule has 0 saturated carbocycles. The van der Waals surface area contributed by atoms with Crippen LogP contribution in [-0.2, 0) is 9.59 Å². The van der Waals surface area contributed by atoms with E-state index in [9.17, 15) is 14.4 Å². The van der Waals surface area contributed by atoms with Gasteiger partial charge in [0.1, 0.15) is 11.5 Å². The standard InChI is InChI=1S/C29H40N4O5/c1-3-4-5-6-7-20-38-26-14-10-24(11-15-26)32-29(36)30-21-27(34)33-18-16-22(17-19-33)28(35)31-23-8-12-25(37-2)13-9-23/h8-15,22H,3-7,16-21H2,1-2H3,(H,31,35)(H2,30,32,36). The molecule has 0 radical (unpaired) electrons. The number of unbranched alkanes of at least 4 members (excludes halogenated alkanes) is 4. The average Bonchev–Trinajstić information content (AvgIpc) is 2.95. The Labute approximate surface area is 225 Å². The summed E-state index contributed by atoms with van der Waals surface area (Å²) in [5.74, 6) is 1.11. The van der Waals surface area contributed by atoms with E-state index in [1.54, 1.807) is 48.4 Å². The van der Waals surface area contributed by atoms with E-state index in [-0.39, 0.29) is 24.3 Å². The number of ether oxygens (including phenoxy) is 2. The van der Waals surface area contributed by atoms with Gasteiger partial charge in [0.25, 0.3) is 0 Å². The number of hydrogen-bond acceptors (Lipinski definition) is 5. The van der Waals surface area contributed by atoms with E-state index in [2.05, 4.69) is 22.9 Å². The Balaban J connectivity index is 1.31. The quantitative estimate of drug-likeness (QED) is 0.318. The van der Waals surface area contributed by atoms with Crippen LogP contribution in [0.25, 0.3) is 0 Å². The predicted octanol–water partition coefficient (Wildman–Crippen LogP) is 5.04. The Kier molecular flexibility index (Phi) is 11.7. The average molecular weight is 525 g/mol. The number of methoxy groups -OCH3 is 1. The lowest BCUT2D eigenvalue weighted by Gasteiger charge is -2.31. The first-order valence-electron chi connectivity index (χ1n) is 13.5. The maximum absolute atomic E-state index is 12.6. The number of urea groups is 1. The number of piperidine rings is 1. The minimum atomic E-state index is -0.448. The molecule has 2 aromatic rings. The van der Waals surface area contributed by atoms with Crippen molar-refractivity contribution in [3.8, 4) is 11.5 Å². The maximum atomic E-state index is 12.6. The third kappa shape index (κ3) is 9.61. The molecular weight excluding hydrogens is 484 g/mol. The third-order valence-electron chi connectivity index (χ3n) is 6.60. The van der Waals surface area contributed by atoms with Crippen molar-refractivity contribution in [3.63, 3.8) is 0 Å². The van der Waals surface area contributed by atoms with Crippen LogP contribution in [0.3, 0.4) is 0 Å². The molecule has 0 aliphatic carbocycles. The highest BCUT2D eigenvalue weighted by molar-refractivity contribution is 5.93. The number of carbonyl (C=O) groups excluding carboxylic acids is 3. The van der Waals surface area contributed by atoms with E-state index in [0.29, 0.717) is 43.9 Å². The topological polar surface area (TPSA) is 109 Å². The lowest BCUT2D eigenvalue weighted by Crippen LogP contribution is -2.46. The molecule has 1 aliphatic rings. The Morgan fingerprint density at radius 1 is 0.842 bits per heavy atom. The lowest BCUT2D eigenvalue weighted by molar-refractivity contribution is -0.133. The fourth-order valence-corrected chi connectivity index (χ4v) is 4.28. The molecule has 1 saturated heterocycles. The first kappa shape index (κ1) is 28.8. The molecule has 1 fully saturated rings. The second-order valence-corrected chi connectivity index (χ2v) is 9.47. The van der Waals surface area contributed by atoms with Crippen molar-refractivity contribution in [2.24, 2.45) is 5.92 Å². The molecule has 3 rings (SSSR count). The Morgan fingerprint density at radius 2 is 1.45 bits per heavy atom. The largest absolute Gasteiger partial charge is 0.497 e. The summed E-state index contributed by atoms with van der Waals surface area (Å²) in [5, 5.41) is 8.27. The number of likely N-dealkylation sites (tertiary alicyclic amines) is 1. The van der Waals surface area contributed by atoms with E-state index >= 15 is 0 Å². The number of hydrogen-bond donors (Lipinski definition) is 3. The number of rotatable bonds is 13. The zero-order chi connectivity index (χ0) is 27.2. The molecular formula is C29H40N4O5. The molecule has 9 heteroatoms. The van der Waals surface area contributed by atoms with Crippen LogP contribution in [-0.4, -0.2) is 56.1 Å². The number of carbonyl (C=O) groups is 3. The normalized spacial score (nSPS) is 13.5. The molecule has 0 atom stereocenters. The van der Waals surface area contributed by atoms with Gasteiger partial charge in [-0.05, 0) is 67.8 Å². The molecule has 2 aromatic carbocycles. The van der Waals surface area contributed by atoms with E-state index < -0.39 is 6.03 Å². The van der Waals surface area contributed by atoms with Crippen LogP contribution in [0.5, 0.6) is 11.5 Å². The van der Waals surface area contributed by atoms with Gasteiger partial charge in [-0.3, -0.25) is 9.59 Å². The molecule has 0 unspecified atom stereocenters. The fourth-order valence-electron chi connectivity index (χ4n) is 4.28. The van der Waals surface area contributed by atoms with Gasteiger partial charge >= 0.3 is 6.03 Å². The number of amides is 4. The summed E-state index contributed by atoms with van der Waals surface area (Å²) in [6.45, 7) is 3.73. The van der Waals surface area contributed by atoms with Crippen LogP contribution in [0.15, 0.2) is 48.5 Å². The van der Waals surface area contributed by atoms with Gasteiger partial charge in [-0.1, -0.05) is 32.6 Å². The molecule has 9 nitrogen and oxygen atoms in total. The smallest absolute Gasteiger partial charge is 0.319 e. The highest BCUT2D eigenvalue weighted by Crippen LogP contribution is 2.21. The van der Waals surface area contributed by atoms with Gasteiger partial charge in [0.15, 0.2) is 0 Å². The molecule has 0 bridgehead atoms. The van der Waals surface area contributed by atoms with E-state index in [4.69, 9.17) is 9.47 Å². The van der Waals surface area contributed by atoms with Crippen molar-refractivity contribution in [3.05, 3.63) is 48.5 Å². The van der Waals surface area contributed by atoms with Crippen molar-refractivity contribution < 1.29 is 23.9 Å². The SMILES string of the molecule is CCCCCCCOc1ccc(NC(=O)NCC(=O)N2CCC(C(=O)Nc3ccc(OC)cc3)CC2)cc1. The number of anilines is 2. The van der Waals surface area contributed by atoms with Crippen LogP contribution in [0.2, 0.25) is 0 Å². The summed E-state index contributed by atoms with van der Waals surface area (Å²) in [6.07, 6.45) is 7.08. The summed E-state index contributed by atoms with van der Waals surface area (Å²) in [6, 6.07) is 13.9. The van der Waals surface area contributed by atoms with Crippen LogP contribution in [0.4, 0.5) is 16.2 Å². The number of benzene rings is 2. The molecule has 0 spiro atoms. The molecule has 3 N–H and O–H groups in total. The monoisotopic (exact) mass is 524 g/mol. The Bertz CT molecular complexity index is 1020. The van der Waals surface area contributed by atoms with Crippen molar-refractivity contribution in [2.45, 2.75) is 51.9 Å². The van der Waals surface area contributed by atoms with Gasteiger partial charge in [-0.2, -0.15) is 0 Å². The summed E-state index contributed by atoms with van der Waals surface area (Å²) >= 11 is 0. The van der Waals surface area contributed by atoms with Gasteiger partial charge in [0, 0.05) is 30.4 Å². The van der Waals surface area contributed by atoms with Crippen LogP contribution in [0.1, 0.15) is 51.9 Å². The zero-order valence-corrected chi connectivity index (χ0v) is 22.5. The van der Waals surface area contributed by atoms with E-state index in [1.165, 1.54) is 25.7 Å². The highest BCUT2D eigenvalue weighted by Gasteiger charge is 2.27. The van der Waals surface area contributed by atoms with E-state index in [1.807, 2.05) is 12.1 Å². The molecule has 1 aliphatic heterocycles. The summed E-state index contributed by atoms with van der Waals surface area (Å²) in [4.78, 5) is 39.1. The fraction of sp³-hybridized carbons (Fsp3) is 0.483. The number of nitrogens with one attached hydrogen (secondary N) is 3. The Hall–Kier alpha value is -3.75. The van der Waals surface area contributed by atoms with Crippen molar-refractivity contribution in [1.82, 2.24) is 10.2 Å². The molecule has 206 valence electrons. The van der Waals surface area contributed by atoms with Crippen LogP contribution >= 0.6 is 0 Å². The van der Waals surface area contributed by atoms with Crippen molar-refractivity contribution >= 4 is 29.2 Å². The molecule has 38 heavy (non-hydrogen) atoms. The van der Waals surface area contributed by atoms with Crippen molar-refractivity contribution in [2.75, 3.05) is 44.0 Å². The first-order valence-corrected chi connectivity index (χ1v) is 13.5. The molecule has 0 aromatic heterocycles. The van der Waals surface area contributed by atoms with Gasteiger partial charge in [0.05, 0.1) is 20.3 Å². The van der Waals surface area contributed by atoms with Crippen molar-refractivity contribution in [1.29, 1.82) is 0 Å². The van der Waals surface area contributed by atoms with Gasteiger partial charge in [0.2, 0.25) is 11.8 Å². The third-order valence-corrected chi connectivity index (χ3v) is 6.60. The van der Waals surface area contributed by atoms with Gasteiger partial charge < -0.3 is 30.3 Å². The Morgan fingerprint density at radius 3 is 2.08 bits per heavy atom. The predicted molar refractivity (Wildman–Crippen MR) is 149 cm³/mol. The zero-order valence-electron chi connectivity index (χ0n) is 22.5. The summed E-state index contributed by atoms with van der Waals surface area (Å²) in [5.41, 5.74) is 1.33. The van der Waals surface area contributed by atoms with Gasteiger partial charge in [-0.15, -0.1) is 0 Å². The minimum absolute atomic E-state index is 0.0526. The van der Waals surface area contributed by atoms with Crippen LogP contribution in [0, 0.1) is 5.92 Å². The minimum Gasteiger partial charge on any atom is -0.497 e. The second-order valence-electron chi connectivity index (χ2n) is 9.47. The maximum Gasteiger partial charge on any atom is 0.319 e. The van der Waals surface area contributed by atoms with E-state index in [0.717, 1.165) is 17.9 Å². The molecule has 4 amide bonds. The summed E-state index contributed by atoms with van der Waals surface area (Å²) < 4.78 is 10.9. The first-order chi connectivity index (χ1) is 18.5. The summed E-state index contributed by atoms with van der Waals surface area (Å²) in [7, 11) is 1.59. The van der Waals surface area contributed by atoms with Crippen LogP contribution < -0.4 is 25.4 Å². The highest BCUT2D eigenvalue weighted by atomic mass is 16.5.